The number of ether oxygens (including phenoxy) is 1. The number of carbonyl (C=O) groups is 2. The summed E-state index contributed by atoms with van der Waals surface area (Å²) in [7, 11) is 0. The molecule has 0 aliphatic carbocycles. The quantitative estimate of drug-likeness (QED) is 0.729. The van der Waals surface area contributed by atoms with E-state index in [4.69, 9.17) is 4.74 Å². The van der Waals surface area contributed by atoms with E-state index in [1.54, 1.807) is 12.1 Å². The summed E-state index contributed by atoms with van der Waals surface area (Å²) in [5.41, 5.74) is 3.36. The molecule has 6 heteroatoms. The third-order valence-electron chi connectivity index (χ3n) is 3.84. The fraction of sp³-hybridized carbons (Fsp3) is 0.300. The van der Waals surface area contributed by atoms with Crippen molar-refractivity contribution in [1.29, 1.82) is 0 Å². The summed E-state index contributed by atoms with van der Waals surface area (Å²) in [6, 6.07) is 14.6. The van der Waals surface area contributed by atoms with Gasteiger partial charge in [-0.3, -0.25) is 4.79 Å². The van der Waals surface area contributed by atoms with Crippen LogP contribution in [-0.4, -0.2) is 36.5 Å². The lowest BCUT2D eigenvalue weighted by atomic mass is 10.0. The maximum Gasteiger partial charge on any atom is 0.258 e. The molecule has 0 aliphatic rings. The van der Waals surface area contributed by atoms with E-state index in [2.05, 4.69) is 17.4 Å². The monoisotopic (exact) mass is 372 g/mol. The fourth-order valence-corrected chi connectivity index (χ4v) is 2.83. The highest BCUT2D eigenvalue weighted by Crippen LogP contribution is 2.22. The molecule has 2 aromatic rings. The Kier molecular flexibility index (Phi) is 7.53. The predicted molar refractivity (Wildman–Crippen MR) is 102 cm³/mol. The molecule has 0 bridgehead atoms. The molecule has 5 nitrogen and oxygen atoms in total. The summed E-state index contributed by atoms with van der Waals surface area (Å²) in [6.45, 7) is 1.80. The zero-order chi connectivity index (χ0) is 18.9. The van der Waals surface area contributed by atoms with Crippen LogP contribution in [0, 0.1) is 6.92 Å². The van der Waals surface area contributed by atoms with Gasteiger partial charge in [0.15, 0.2) is 6.61 Å². The summed E-state index contributed by atoms with van der Waals surface area (Å²) in [5.74, 6) is -0.594. The van der Waals surface area contributed by atoms with Gasteiger partial charge in [0, 0.05) is 0 Å². The lowest BCUT2D eigenvalue weighted by Crippen LogP contribution is -2.49. The summed E-state index contributed by atoms with van der Waals surface area (Å²) < 4.78 is 5.43. The maximum atomic E-state index is 11.9. The van der Waals surface area contributed by atoms with E-state index in [0.717, 1.165) is 11.1 Å². The Morgan fingerprint density at radius 3 is 2.19 bits per heavy atom. The predicted octanol–water partition coefficient (Wildman–Crippen LogP) is 2.03. The van der Waals surface area contributed by atoms with Crippen molar-refractivity contribution in [2.75, 3.05) is 18.6 Å². The number of thioether (sulfide) groups is 1. The second kappa shape index (κ2) is 9.87. The highest BCUT2D eigenvalue weighted by Gasteiger charge is 2.13. The van der Waals surface area contributed by atoms with Gasteiger partial charge in [0.2, 0.25) is 0 Å². The van der Waals surface area contributed by atoms with Gasteiger partial charge < -0.3 is 20.0 Å². The first-order valence-corrected chi connectivity index (χ1v) is 9.68. The molecule has 1 amide bonds. The molecule has 138 valence electrons. The molecular formula is C20H22NO4S-. The summed E-state index contributed by atoms with van der Waals surface area (Å²) in [6.07, 6.45) is 2.19. The second-order valence-electron chi connectivity index (χ2n) is 5.90. The number of carboxylic acids is 1. The molecular weight excluding hydrogens is 350 g/mol. The largest absolute Gasteiger partial charge is 0.548 e. The second-order valence-corrected chi connectivity index (χ2v) is 6.89. The number of nitrogens with one attached hydrogen (secondary N) is 1. The van der Waals surface area contributed by atoms with Crippen molar-refractivity contribution in [3.63, 3.8) is 0 Å². The van der Waals surface area contributed by atoms with Gasteiger partial charge in [-0.1, -0.05) is 42.0 Å². The van der Waals surface area contributed by atoms with Crippen molar-refractivity contribution in [2.45, 2.75) is 19.4 Å². The summed E-state index contributed by atoms with van der Waals surface area (Å²) in [4.78, 5) is 22.9. The minimum absolute atomic E-state index is 0.243. The van der Waals surface area contributed by atoms with Crippen LogP contribution < -0.4 is 15.2 Å². The van der Waals surface area contributed by atoms with E-state index in [1.807, 2.05) is 37.4 Å². The lowest BCUT2D eigenvalue weighted by molar-refractivity contribution is -0.308. The molecule has 0 aromatic heterocycles. The molecule has 26 heavy (non-hydrogen) atoms. The van der Waals surface area contributed by atoms with Crippen molar-refractivity contribution in [2.24, 2.45) is 0 Å². The minimum Gasteiger partial charge on any atom is -0.548 e. The zero-order valence-electron chi connectivity index (χ0n) is 14.9. The van der Waals surface area contributed by atoms with Crippen molar-refractivity contribution in [3.05, 3.63) is 54.1 Å². The van der Waals surface area contributed by atoms with Gasteiger partial charge in [-0.2, -0.15) is 11.8 Å². The Hall–Kier alpha value is -2.47. The van der Waals surface area contributed by atoms with Gasteiger partial charge in [-0.05, 0) is 48.6 Å². The molecule has 2 rings (SSSR count). The Bertz CT molecular complexity index is 728. The van der Waals surface area contributed by atoms with E-state index in [1.165, 1.54) is 17.3 Å². The molecule has 1 atom stereocenters. The standard InChI is InChI=1S/C20H23NO4S/c1-14-3-5-15(6-4-14)16-7-9-17(10-8-16)25-13-19(22)21-18(20(23)24)11-12-26-2/h3-10,18H,11-13H2,1-2H3,(H,21,22)(H,23,24)/p-1/t18-/m0/s1. The summed E-state index contributed by atoms with van der Waals surface area (Å²) >= 11 is 1.51. The van der Waals surface area contributed by atoms with Crippen LogP contribution in [0.5, 0.6) is 5.75 Å². The van der Waals surface area contributed by atoms with Crippen molar-refractivity contribution in [1.82, 2.24) is 5.32 Å². The molecule has 0 radical (unpaired) electrons. The SMILES string of the molecule is CSCC[C@H](NC(=O)COc1ccc(-c2ccc(C)cc2)cc1)C(=O)[O-]. The van der Waals surface area contributed by atoms with Crippen LogP contribution in [0.25, 0.3) is 11.1 Å². The summed E-state index contributed by atoms with van der Waals surface area (Å²) in [5, 5.41) is 13.5. The van der Waals surface area contributed by atoms with E-state index >= 15 is 0 Å². The first-order valence-electron chi connectivity index (χ1n) is 8.28. The van der Waals surface area contributed by atoms with Crippen LogP contribution in [0.2, 0.25) is 0 Å². The minimum atomic E-state index is -1.28. The molecule has 0 aliphatic heterocycles. The van der Waals surface area contributed by atoms with Gasteiger partial charge in [0.25, 0.3) is 5.91 Å². The zero-order valence-corrected chi connectivity index (χ0v) is 15.7. The molecule has 0 spiro atoms. The molecule has 1 N–H and O–H groups in total. The number of benzene rings is 2. The van der Waals surface area contributed by atoms with Crippen LogP contribution >= 0.6 is 11.8 Å². The molecule has 0 fully saturated rings. The van der Waals surface area contributed by atoms with Crippen molar-refractivity contribution < 1.29 is 19.4 Å². The molecule has 0 unspecified atom stereocenters. The first kappa shape index (κ1) is 19.8. The average molecular weight is 372 g/mol. The number of hydrogen-bond donors (Lipinski definition) is 1. The van der Waals surface area contributed by atoms with E-state index in [0.29, 0.717) is 17.9 Å². The van der Waals surface area contributed by atoms with Crippen LogP contribution in [0.3, 0.4) is 0 Å². The number of carboxylic acid groups (broad SMARTS) is 1. The fourth-order valence-electron chi connectivity index (χ4n) is 2.36. The number of aryl methyl sites for hydroxylation is 1. The molecule has 2 aromatic carbocycles. The first-order chi connectivity index (χ1) is 12.5. The highest BCUT2D eigenvalue weighted by atomic mass is 32.2. The highest BCUT2D eigenvalue weighted by molar-refractivity contribution is 7.98. The Morgan fingerprint density at radius 1 is 1.08 bits per heavy atom. The number of aliphatic carboxylic acids is 1. The third kappa shape index (κ3) is 6.11. The van der Waals surface area contributed by atoms with Crippen LogP contribution in [0.1, 0.15) is 12.0 Å². The maximum absolute atomic E-state index is 11.9. The van der Waals surface area contributed by atoms with Crippen LogP contribution in [0.4, 0.5) is 0 Å². The van der Waals surface area contributed by atoms with Gasteiger partial charge in [-0.15, -0.1) is 0 Å². The van der Waals surface area contributed by atoms with E-state index < -0.39 is 17.9 Å². The molecule has 0 saturated carbocycles. The number of amides is 1. The van der Waals surface area contributed by atoms with Crippen molar-refractivity contribution in [3.8, 4) is 16.9 Å². The van der Waals surface area contributed by atoms with Gasteiger partial charge in [0.1, 0.15) is 5.75 Å². The Balaban J connectivity index is 1.87. The van der Waals surface area contributed by atoms with E-state index in [-0.39, 0.29) is 6.61 Å². The van der Waals surface area contributed by atoms with Gasteiger partial charge in [0.05, 0.1) is 12.0 Å². The number of rotatable bonds is 9. The van der Waals surface area contributed by atoms with Crippen LogP contribution in [-0.2, 0) is 9.59 Å². The van der Waals surface area contributed by atoms with E-state index in [9.17, 15) is 14.7 Å². The van der Waals surface area contributed by atoms with Crippen LogP contribution in [0.15, 0.2) is 48.5 Å². The average Bonchev–Trinajstić information content (AvgIpc) is 2.64. The Labute approximate surface area is 157 Å². The molecule has 0 heterocycles. The van der Waals surface area contributed by atoms with Gasteiger partial charge in [-0.25, -0.2) is 0 Å². The lowest BCUT2D eigenvalue weighted by Gasteiger charge is -2.19. The number of carbonyl (C=O) groups excluding carboxylic acids is 2. The normalized spacial score (nSPS) is 11.6. The Morgan fingerprint density at radius 2 is 1.65 bits per heavy atom. The van der Waals surface area contributed by atoms with Crippen molar-refractivity contribution >= 4 is 23.6 Å². The topological polar surface area (TPSA) is 78.5 Å². The smallest absolute Gasteiger partial charge is 0.258 e. The number of hydrogen-bond acceptors (Lipinski definition) is 5. The van der Waals surface area contributed by atoms with Gasteiger partial charge >= 0.3 is 0 Å². The molecule has 0 saturated heterocycles. The third-order valence-corrected chi connectivity index (χ3v) is 4.48.